The Morgan fingerprint density at radius 1 is 1.43 bits per heavy atom. The topological polar surface area (TPSA) is 37.3 Å². The molecule has 1 rings (SSSR count). The first kappa shape index (κ1) is 11.3. The first-order valence-electron chi connectivity index (χ1n) is 4.07. The third-order valence-corrected chi connectivity index (χ3v) is 3.17. The van der Waals surface area contributed by atoms with Gasteiger partial charge in [-0.25, -0.2) is 0 Å². The molecule has 0 amide bonds. The maximum atomic E-state index is 10.8. The molecule has 1 aromatic rings. The SMILES string of the molecule is CC(Cl)(C(=O)O)C(Cl)c1ccccc1. The molecular formula is C10H10Cl2O2. The molecule has 0 saturated heterocycles. The number of carboxylic acid groups (broad SMARTS) is 1. The molecule has 1 aromatic carbocycles. The summed E-state index contributed by atoms with van der Waals surface area (Å²) in [6.45, 7) is 1.39. The van der Waals surface area contributed by atoms with Crippen molar-refractivity contribution < 1.29 is 9.90 Å². The zero-order chi connectivity index (χ0) is 10.8. The van der Waals surface area contributed by atoms with Crippen LogP contribution in [0, 0.1) is 0 Å². The Morgan fingerprint density at radius 2 is 1.93 bits per heavy atom. The molecular weight excluding hydrogens is 223 g/mol. The maximum Gasteiger partial charge on any atom is 0.326 e. The number of aliphatic carboxylic acids is 1. The quantitative estimate of drug-likeness (QED) is 0.814. The third kappa shape index (κ3) is 2.20. The van der Waals surface area contributed by atoms with Crippen LogP contribution in [0.15, 0.2) is 30.3 Å². The lowest BCUT2D eigenvalue weighted by Crippen LogP contribution is -2.33. The fourth-order valence-electron chi connectivity index (χ4n) is 1.04. The zero-order valence-corrected chi connectivity index (χ0v) is 9.09. The van der Waals surface area contributed by atoms with Crippen molar-refractivity contribution in [2.45, 2.75) is 17.2 Å². The summed E-state index contributed by atoms with van der Waals surface area (Å²) in [5.41, 5.74) is 0.703. The Hall–Kier alpha value is -0.730. The fraction of sp³-hybridized carbons (Fsp3) is 0.300. The second-order valence-electron chi connectivity index (χ2n) is 3.15. The molecule has 2 unspecified atom stereocenters. The van der Waals surface area contributed by atoms with E-state index in [1.165, 1.54) is 6.92 Å². The van der Waals surface area contributed by atoms with Gasteiger partial charge in [-0.2, -0.15) is 0 Å². The van der Waals surface area contributed by atoms with E-state index >= 15 is 0 Å². The standard InChI is InChI=1S/C10H10Cl2O2/c1-10(12,9(13)14)8(11)7-5-3-2-4-6-7/h2-6,8H,1H3,(H,13,14). The molecule has 0 aliphatic carbocycles. The molecule has 0 aliphatic heterocycles. The van der Waals surface area contributed by atoms with Gasteiger partial charge in [0.05, 0.1) is 5.38 Å². The fourth-order valence-corrected chi connectivity index (χ4v) is 1.41. The van der Waals surface area contributed by atoms with Crippen molar-refractivity contribution >= 4 is 29.2 Å². The van der Waals surface area contributed by atoms with E-state index in [-0.39, 0.29) is 0 Å². The Kier molecular flexibility index (Phi) is 3.40. The largest absolute Gasteiger partial charge is 0.480 e. The first-order valence-corrected chi connectivity index (χ1v) is 4.89. The van der Waals surface area contributed by atoms with Gasteiger partial charge in [-0.05, 0) is 12.5 Å². The molecule has 0 fully saturated rings. The summed E-state index contributed by atoms with van der Waals surface area (Å²) in [6.07, 6.45) is 0. The van der Waals surface area contributed by atoms with Gasteiger partial charge in [0, 0.05) is 0 Å². The highest BCUT2D eigenvalue weighted by Gasteiger charge is 2.39. The van der Waals surface area contributed by atoms with Crippen LogP contribution in [0.3, 0.4) is 0 Å². The van der Waals surface area contributed by atoms with E-state index in [0.717, 1.165) is 0 Å². The van der Waals surface area contributed by atoms with Crippen LogP contribution in [-0.4, -0.2) is 16.0 Å². The number of alkyl halides is 2. The van der Waals surface area contributed by atoms with Crippen LogP contribution >= 0.6 is 23.2 Å². The molecule has 2 nitrogen and oxygen atoms in total. The van der Waals surface area contributed by atoms with E-state index in [2.05, 4.69) is 0 Å². The van der Waals surface area contributed by atoms with Crippen molar-refractivity contribution in [2.75, 3.05) is 0 Å². The van der Waals surface area contributed by atoms with Gasteiger partial charge in [0.25, 0.3) is 0 Å². The van der Waals surface area contributed by atoms with Crippen molar-refractivity contribution in [2.24, 2.45) is 0 Å². The Labute approximate surface area is 92.5 Å². The number of hydrogen-bond donors (Lipinski definition) is 1. The van der Waals surface area contributed by atoms with E-state index in [1.807, 2.05) is 6.07 Å². The molecule has 0 spiro atoms. The van der Waals surface area contributed by atoms with E-state index in [4.69, 9.17) is 28.3 Å². The van der Waals surface area contributed by atoms with Crippen molar-refractivity contribution in [1.82, 2.24) is 0 Å². The van der Waals surface area contributed by atoms with E-state index in [9.17, 15) is 4.79 Å². The van der Waals surface area contributed by atoms with Gasteiger partial charge in [0.15, 0.2) is 4.87 Å². The van der Waals surface area contributed by atoms with Crippen LogP contribution in [-0.2, 0) is 4.79 Å². The number of hydrogen-bond acceptors (Lipinski definition) is 1. The molecule has 2 atom stereocenters. The van der Waals surface area contributed by atoms with Crippen molar-refractivity contribution in [3.05, 3.63) is 35.9 Å². The molecule has 14 heavy (non-hydrogen) atoms. The molecule has 4 heteroatoms. The summed E-state index contributed by atoms with van der Waals surface area (Å²) in [7, 11) is 0. The van der Waals surface area contributed by atoms with Crippen LogP contribution in [0.4, 0.5) is 0 Å². The van der Waals surface area contributed by atoms with Gasteiger partial charge in [0.2, 0.25) is 0 Å². The van der Waals surface area contributed by atoms with Gasteiger partial charge < -0.3 is 5.11 Å². The highest BCUT2D eigenvalue weighted by molar-refractivity contribution is 6.39. The summed E-state index contributed by atoms with van der Waals surface area (Å²) in [4.78, 5) is 9.34. The average molecular weight is 233 g/mol. The predicted molar refractivity (Wildman–Crippen MR) is 56.9 cm³/mol. The van der Waals surface area contributed by atoms with Gasteiger partial charge in [-0.1, -0.05) is 30.3 Å². The minimum atomic E-state index is -1.48. The normalized spacial score (nSPS) is 17.1. The summed E-state index contributed by atoms with van der Waals surface area (Å²) in [6, 6.07) is 8.92. The molecule has 0 heterocycles. The summed E-state index contributed by atoms with van der Waals surface area (Å²) < 4.78 is 0. The first-order chi connectivity index (χ1) is 6.46. The van der Waals surface area contributed by atoms with Gasteiger partial charge >= 0.3 is 5.97 Å². The van der Waals surface area contributed by atoms with Crippen molar-refractivity contribution in [3.63, 3.8) is 0 Å². The lowest BCUT2D eigenvalue weighted by atomic mass is 10.00. The molecule has 0 radical (unpaired) electrons. The highest BCUT2D eigenvalue weighted by Crippen LogP contribution is 2.37. The minimum absolute atomic E-state index is 0.703. The lowest BCUT2D eigenvalue weighted by Gasteiger charge is -2.22. The van der Waals surface area contributed by atoms with Crippen molar-refractivity contribution in [3.8, 4) is 0 Å². The molecule has 76 valence electrons. The van der Waals surface area contributed by atoms with Crippen LogP contribution in [0.25, 0.3) is 0 Å². The zero-order valence-electron chi connectivity index (χ0n) is 7.58. The Morgan fingerprint density at radius 3 is 2.36 bits per heavy atom. The smallest absolute Gasteiger partial charge is 0.326 e. The average Bonchev–Trinajstić information content (AvgIpc) is 2.17. The summed E-state index contributed by atoms with van der Waals surface area (Å²) >= 11 is 11.8. The molecule has 0 bridgehead atoms. The second-order valence-corrected chi connectivity index (χ2v) is 4.38. The number of benzene rings is 1. The molecule has 0 aliphatic rings. The van der Waals surface area contributed by atoms with Crippen molar-refractivity contribution in [1.29, 1.82) is 0 Å². The number of halogens is 2. The maximum absolute atomic E-state index is 10.8. The molecule has 1 N–H and O–H groups in total. The van der Waals surface area contributed by atoms with E-state index in [0.29, 0.717) is 5.56 Å². The third-order valence-electron chi connectivity index (χ3n) is 1.99. The highest BCUT2D eigenvalue weighted by atomic mass is 35.5. The monoisotopic (exact) mass is 232 g/mol. The summed E-state index contributed by atoms with van der Waals surface area (Å²) in [5.74, 6) is -1.12. The van der Waals surface area contributed by atoms with Crippen LogP contribution in [0.1, 0.15) is 17.9 Å². The van der Waals surface area contributed by atoms with Gasteiger partial charge in [0.1, 0.15) is 0 Å². The van der Waals surface area contributed by atoms with Gasteiger partial charge in [-0.3, -0.25) is 4.79 Å². The Bertz CT molecular complexity index is 322. The van der Waals surface area contributed by atoms with Crippen LogP contribution in [0.5, 0.6) is 0 Å². The lowest BCUT2D eigenvalue weighted by molar-refractivity contribution is -0.139. The van der Waals surface area contributed by atoms with Crippen LogP contribution in [0.2, 0.25) is 0 Å². The molecule has 0 aromatic heterocycles. The predicted octanol–water partition coefficient (Wildman–Crippen LogP) is 3.05. The summed E-state index contributed by atoms with van der Waals surface area (Å²) in [5, 5.41) is 8.11. The van der Waals surface area contributed by atoms with E-state index < -0.39 is 16.2 Å². The van der Waals surface area contributed by atoms with Crippen LogP contribution < -0.4 is 0 Å². The number of carboxylic acids is 1. The van der Waals surface area contributed by atoms with E-state index in [1.54, 1.807) is 24.3 Å². The Balaban J connectivity index is 2.96. The molecule has 0 saturated carbocycles. The van der Waals surface area contributed by atoms with Gasteiger partial charge in [-0.15, -0.1) is 23.2 Å². The number of carbonyl (C=O) groups is 1. The minimum Gasteiger partial charge on any atom is -0.480 e. The second kappa shape index (κ2) is 4.20. The number of rotatable bonds is 3.